The van der Waals surface area contributed by atoms with Crippen LogP contribution in [0.3, 0.4) is 0 Å². The molecule has 0 radical (unpaired) electrons. The second-order valence-corrected chi connectivity index (χ2v) is 13.1. The first-order chi connectivity index (χ1) is 23.3. The zero-order valence-corrected chi connectivity index (χ0v) is 25.7. The lowest BCUT2D eigenvalue weighted by molar-refractivity contribution is 0.797. The summed E-state index contributed by atoms with van der Waals surface area (Å²) >= 11 is 0. The molecule has 2 aliphatic rings. The highest BCUT2D eigenvalue weighted by atomic mass is 14.5. The molecule has 1 spiro atoms. The molecule has 0 fully saturated rings. The maximum Gasteiger partial charge on any atom is 0.0726 e. The van der Waals surface area contributed by atoms with Crippen LogP contribution in [0.4, 0.5) is 0 Å². The minimum absolute atomic E-state index is 0.375. The van der Waals surface area contributed by atoms with Gasteiger partial charge in [-0.1, -0.05) is 158 Å². The van der Waals surface area contributed by atoms with E-state index in [4.69, 9.17) is 0 Å². The van der Waals surface area contributed by atoms with Crippen molar-refractivity contribution in [3.8, 4) is 33.4 Å². The summed E-state index contributed by atoms with van der Waals surface area (Å²) in [4.78, 5) is 0. The first kappa shape index (κ1) is 25.2. The number of benzene rings is 9. The molecule has 9 aromatic carbocycles. The van der Waals surface area contributed by atoms with Gasteiger partial charge in [0.05, 0.1) is 5.41 Å². The summed E-state index contributed by atoms with van der Waals surface area (Å²) in [5.74, 6) is 0. The van der Waals surface area contributed by atoms with Gasteiger partial charge in [-0.15, -0.1) is 0 Å². The Bertz CT molecular complexity index is 2680. The highest BCUT2D eigenvalue weighted by Gasteiger charge is 2.50. The maximum atomic E-state index is 2.55. The molecule has 0 saturated carbocycles. The second-order valence-electron chi connectivity index (χ2n) is 13.1. The van der Waals surface area contributed by atoms with E-state index in [1.165, 1.54) is 98.7 Å². The molecular weight excluding hydrogens is 565 g/mol. The van der Waals surface area contributed by atoms with Gasteiger partial charge in [-0.3, -0.25) is 0 Å². The fraction of sp³-hybridized carbons (Fsp3) is 0.0213. The third kappa shape index (κ3) is 3.08. The third-order valence-electron chi connectivity index (χ3n) is 11.0. The molecule has 0 heterocycles. The second kappa shape index (κ2) is 9.06. The Morgan fingerprint density at radius 3 is 1.43 bits per heavy atom. The van der Waals surface area contributed by atoms with E-state index in [1.54, 1.807) is 0 Å². The van der Waals surface area contributed by atoms with Gasteiger partial charge in [-0.05, 0) is 111 Å². The molecule has 0 aromatic heterocycles. The molecule has 0 unspecified atom stereocenters. The average Bonchev–Trinajstić information content (AvgIpc) is 3.61. The molecule has 11 rings (SSSR count). The van der Waals surface area contributed by atoms with E-state index in [-0.39, 0.29) is 5.41 Å². The zero-order chi connectivity index (χ0) is 30.7. The summed E-state index contributed by atoms with van der Waals surface area (Å²) < 4.78 is 0. The normalized spacial score (nSPS) is 13.7. The largest absolute Gasteiger partial charge is 0.0726 e. The monoisotopic (exact) mass is 592 g/mol. The van der Waals surface area contributed by atoms with Gasteiger partial charge >= 0.3 is 0 Å². The Morgan fingerprint density at radius 2 is 0.787 bits per heavy atom. The number of hydrogen-bond acceptors (Lipinski definition) is 0. The molecule has 216 valence electrons. The predicted octanol–water partition coefficient (Wildman–Crippen LogP) is 12.3. The van der Waals surface area contributed by atoms with E-state index in [2.05, 4.69) is 170 Å². The van der Waals surface area contributed by atoms with Gasteiger partial charge in [0.15, 0.2) is 0 Å². The number of hydrogen-bond donors (Lipinski definition) is 0. The Hall–Kier alpha value is -5.98. The van der Waals surface area contributed by atoms with Crippen molar-refractivity contribution in [3.05, 3.63) is 192 Å². The smallest absolute Gasteiger partial charge is 0.0622 e. The van der Waals surface area contributed by atoms with Crippen molar-refractivity contribution in [1.29, 1.82) is 0 Å². The van der Waals surface area contributed by atoms with E-state index in [0.717, 1.165) is 0 Å². The van der Waals surface area contributed by atoms with Crippen LogP contribution in [0.5, 0.6) is 0 Å². The van der Waals surface area contributed by atoms with E-state index in [1.807, 2.05) is 0 Å². The minimum atomic E-state index is -0.375. The first-order valence-corrected chi connectivity index (χ1v) is 16.5. The lowest BCUT2D eigenvalue weighted by Gasteiger charge is -2.31. The molecule has 0 aliphatic heterocycles. The van der Waals surface area contributed by atoms with Crippen LogP contribution in [0.25, 0.3) is 76.5 Å². The van der Waals surface area contributed by atoms with E-state index in [0.29, 0.717) is 0 Å². The van der Waals surface area contributed by atoms with Crippen molar-refractivity contribution in [2.45, 2.75) is 5.41 Å². The summed E-state index contributed by atoms with van der Waals surface area (Å²) in [5.41, 5.74) is 13.0. The van der Waals surface area contributed by atoms with Crippen molar-refractivity contribution in [2.24, 2.45) is 0 Å². The van der Waals surface area contributed by atoms with Crippen LogP contribution in [0, 0.1) is 0 Å². The SMILES string of the molecule is c1ccc(-c2c3ccccc3c(-c3cc4c5c(ccc6cccc(c65)C45c4ccccc4-c4ccccc45)c3)c3ccccc23)cc1. The van der Waals surface area contributed by atoms with Crippen molar-refractivity contribution in [3.63, 3.8) is 0 Å². The van der Waals surface area contributed by atoms with Gasteiger partial charge in [-0.2, -0.15) is 0 Å². The molecule has 0 nitrogen and oxygen atoms in total. The standard InChI is InChI=1S/C47H28/c1-2-13-29(14-3-1)43-35-18-4-6-20-37(35)44(38-21-7-5-19-36(38)43)32-27-31-26-25-30-15-12-24-41-45(30)46(31)42(28-32)47(41)39-22-10-8-16-33(39)34-17-9-11-23-40(34)47/h1-28H. The van der Waals surface area contributed by atoms with E-state index >= 15 is 0 Å². The van der Waals surface area contributed by atoms with Crippen LogP contribution >= 0.6 is 0 Å². The molecule has 0 atom stereocenters. The number of rotatable bonds is 2. The fourth-order valence-corrected chi connectivity index (χ4v) is 9.31. The molecule has 9 aromatic rings. The predicted molar refractivity (Wildman–Crippen MR) is 198 cm³/mol. The Morgan fingerprint density at radius 1 is 0.298 bits per heavy atom. The lowest BCUT2D eigenvalue weighted by Crippen LogP contribution is -2.26. The Labute approximate surface area is 273 Å². The van der Waals surface area contributed by atoms with Gasteiger partial charge in [-0.25, -0.2) is 0 Å². The van der Waals surface area contributed by atoms with Crippen LogP contribution in [-0.4, -0.2) is 0 Å². The van der Waals surface area contributed by atoms with Gasteiger partial charge < -0.3 is 0 Å². The minimum Gasteiger partial charge on any atom is -0.0622 e. The fourth-order valence-electron chi connectivity index (χ4n) is 9.31. The molecule has 0 saturated heterocycles. The summed E-state index contributed by atoms with van der Waals surface area (Å²) in [5, 5.41) is 10.5. The van der Waals surface area contributed by atoms with Crippen LogP contribution < -0.4 is 0 Å². The van der Waals surface area contributed by atoms with Crippen molar-refractivity contribution in [2.75, 3.05) is 0 Å². The summed E-state index contributed by atoms with van der Waals surface area (Å²) in [7, 11) is 0. The van der Waals surface area contributed by atoms with Crippen LogP contribution in [0.15, 0.2) is 170 Å². The molecule has 0 N–H and O–H groups in total. The zero-order valence-electron chi connectivity index (χ0n) is 25.7. The summed E-state index contributed by atoms with van der Waals surface area (Å²) in [6.07, 6.45) is 0. The average molecular weight is 593 g/mol. The summed E-state index contributed by atoms with van der Waals surface area (Å²) in [6, 6.07) is 63.7. The van der Waals surface area contributed by atoms with Crippen molar-refractivity contribution in [1.82, 2.24) is 0 Å². The van der Waals surface area contributed by atoms with Crippen LogP contribution in [0.1, 0.15) is 22.3 Å². The number of fused-ring (bicyclic) bond motifs is 9. The van der Waals surface area contributed by atoms with Crippen molar-refractivity contribution >= 4 is 43.1 Å². The highest BCUT2D eigenvalue weighted by molar-refractivity contribution is 6.23. The topological polar surface area (TPSA) is 0 Å². The van der Waals surface area contributed by atoms with E-state index in [9.17, 15) is 0 Å². The van der Waals surface area contributed by atoms with Gasteiger partial charge in [0, 0.05) is 0 Å². The Kier molecular flexibility index (Phi) is 4.86. The van der Waals surface area contributed by atoms with Gasteiger partial charge in [0.2, 0.25) is 0 Å². The first-order valence-electron chi connectivity index (χ1n) is 16.5. The van der Waals surface area contributed by atoms with Crippen LogP contribution in [0.2, 0.25) is 0 Å². The molecular formula is C47H28. The molecule has 2 aliphatic carbocycles. The lowest BCUT2D eigenvalue weighted by atomic mass is 9.69. The van der Waals surface area contributed by atoms with Gasteiger partial charge in [0.1, 0.15) is 0 Å². The van der Waals surface area contributed by atoms with Crippen LogP contribution in [-0.2, 0) is 5.41 Å². The third-order valence-corrected chi connectivity index (χ3v) is 11.0. The molecule has 0 heteroatoms. The Balaban J connectivity index is 1.32. The molecule has 47 heavy (non-hydrogen) atoms. The van der Waals surface area contributed by atoms with E-state index < -0.39 is 0 Å². The quantitative estimate of drug-likeness (QED) is 0.138. The maximum absolute atomic E-state index is 2.55. The molecule has 0 bridgehead atoms. The van der Waals surface area contributed by atoms with Crippen molar-refractivity contribution < 1.29 is 0 Å². The highest BCUT2D eigenvalue weighted by Crippen LogP contribution is 2.63. The molecule has 0 amide bonds. The summed E-state index contributed by atoms with van der Waals surface area (Å²) in [6.45, 7) is 0. The van der Waals surface area contributed by atoms with Gasteiger partial charge in [0.25, 0.3) is 0 Å².